The van der Waals surface area contributed by atoms with E-state index >= 15 is 0 Å². The molecular formula is C19H15F2N3OS. The topological polar surface area (TPSA) is 46.9 Å². The second-order valence-electron chi connectivity index (χ2n) is 5.44. The lowest BCUT2D eigenvalue weighted by atomic mass is 10.2. The van der Waals surface area contributed by atoms with E-state index in [1.807, 2.05) is 11.6 Å². The number of nitrogens with zero attached hydrogens (tertiary/aromatic N) is 2. The molecule has 0 aliphatic carbocycles. The third-order valence-electron chi connectivity index (χ3n) is 3.45. The maximum Gasteiger partial charge on any atom is 0.248 e. The van der Waals surface area contributed by atoms with Gasteiger partial charge in [-0.25, -0.2) is 13.8 Å². The van der Waals surface area contributed by atoms with E-state index in [1.165, 1.54) is 48.2 Å². The van der Waals surface area contributed by atoms with E-state index in [9.17, 15) is 13.6 Å². The second kappa shape index (κ2) is 7.97. The van der Waals surface area contributed by atoms with Crippen LogP contribution in [0.1, 0.15) is 5.56 Å². The number of benzene rings is 2. The molecule has 1 N–H and O–H groups in total. The summed E-state index contributed by atoms with van der Waals surface area (Å²) in [6, 6.07) is 10.0. The first-order valence-corrected chi connectivity index (χ1v) is 8.52. The van der Waals surface area contributed by atoms with Gasteiger partial charge in [0.05, 0.1) is 5.69 Å². The predicted octanol–water partition coefficient (Wildman–Crippen LogP) is 4.50. The molecule has 3 aromatic rings. The van der Waals surface area contributed by atoms with Crippen molar-refractivity contribution in [3.8, 4) is 0 Å². The van der Waals surface area contributed by atoms with Crippen LogP contribution in [0.3, 0.4) is 0 Å². The number of hydrogen-bond donors (Lipinski definition) is 1. The molecule has 1 aromatic heterocycles. The Morgan fingerprint density at radius 1 is 1.19 bits per heavy atom. The Morgan fingerprint density at radius 3 is 2.73 bits per heavy atom. The maximum atomic E-state index is 13.6. The molecule has 0 bridgehead atoms. The predicted molar refractivity (Wildman–Crippen MR) is 97.8 cm³/mol. The fraction of sp³-hybridized carbons (Fsp3) is 0.0526. The highest BCUT2D eigenvalue weighted by Crippen LogP contribution is 2.32. The van der Waals surface area contributed by atoms with Gasteiger partial charge >= 0.3 is 0 Å². The SMILES string of the molecule is Cn1ccnc1Sc1ccc(F)cc1NC(=O)/C=C/c1cccc(F)c1. The molecule has 7 heteroatoms. The van der Waals surface area contributed by atoms with Crippen molar-refractivity contribution in [3.63, 3.8) is 0 Å². The van der Waals surface area contributed by atoms with Crippen LogP contribution in [0.4, 0.5) is 14.5 Å². The normalized spacial score (nSPS) is 11.0. The second-order valence-corrected chi connectivity index (χ2v) is 6.45. The Hall–Kier alpha value is -2.93. The number of imidazole rings is 1. The van der Waals surface area contributed by atoms with E-state index in [0.29, 0.717) is 21.3 Å². The van der Waals surface area contributed by atoms with Crippen molar-refractivity contribution in [2.75, 3.05) is 5.32 Å². The largest absolute Gasteiger partial charge is 0.329 e. The molecule has 0 radical (unpaired) electrons. The highest BCUT2D eigenvalue weighted by atomic mass is 32.2. The summed E-state index contributed by atoms with van der Waals surface area (Å²) in [7, 11) is 1.85. The zero-order chi connectivity index (χ0) is 18.5. The van der Waals surface area contributed by atoms with Gasteiger partial charge in [-0.15, -0.1) is 0 Å². The summed E-state index contributed by atoms with van der Waals surface area (Å²) in [6.45, 7) is 0. The third-order valence-corrected chi connectivity index (χ3v) is 4.61. The van der Waals surface area contributed by atoms with Crippen molar-refractivity contribution in [1.82, 2.24) is 9.55 Å². The number of amides is 1. The molecule has 0 saturated carbocycles. The highest BCUT2D eigenvalue weighted by Gasteiger charge is 2.10. The van der Waals surface area contributed by atoms with E-state index in [2.05, 4.69) is 10.3 Å². The van der Waals surface area contributed by atoms with Crippen LogP contribution < -0.4 is 5.32 Å². The number of nitrogens with one attached hydrogen (secondary N) is 1. The van der Waals surface area contributed by atoms with Crippen molar-refractivity contribution < 1.29 is 13.6 Å². The molecule has 1 amide bonds. The fourth-order valence-electron chi connectivity index (χ4n) is 2.19. The lowest BCUT2D eigenvalue weighted by molar-refractivity contribution is -0.111. The molecule has 4 nitrogen and oxygen atoms in total. The molecule has 0 aliphatic heterocycles. The molecule has 0 aliphatic rings. The van der Waals surface area contributed by atoms with Gasteiger partial charge in [-0.2, -0.15) is 0 Å². The number of halogens is 2. The van der Waals surface area contributed by atoms with Gasteiger partial charge in [0.2, 0.25) is 5.91 Å². The molecule has 0 spiro atoms. The molecule has 0 saturated heterocycles. The molecule has 3 rings (SSSR count). The number of carbonyl (C=O) groups excluding carboxylic acids is 1. The van der Waals surface area contributed by atoms with E-state index in [0.717, 1.165) is 0 Å². The first-order chi connectivity index (χ1) is 12.5. The average molecular weight is 371 g/mol. The number of carbonyl (C=O) groups is 1. The lowest BCUT2D eigenvalue weighted by Gasteiger charge is -2.09. The van der Waals surface area contributed by atoms with Gasteiger partial charge in [0.15, 0.2) is 5.16 Å². The van der Waals surface area contributed by atoms with Crippen LogP contribution in [0.15, 0.2) is 71.0 Å². The molecule has 0 unspecified atom stereocenters. The smallest absolute Gasteiger partial charge is 0.248 e. The molecule has 2 aromatic carbocycles. The number of anilines is 1. The van der Waals surface area contributed by atoms with Crippen LogP contribution in [-0.4, -0.2) is 15.5 Å². The summed E-state index contributed by atoms with van der Waals surface area (Å²) in [5.41, 5.74) is 0.897. The minimum absolute atomic E-state index is 0.340. The molecule has 1 heterocycles. The van der Waals surface area contributed by atoms with Gasteiger partial charge in [0.25, 0.3) is 0 Å². The van der Waals surface area contributed by atoms with Crippen molar-refractivity contribution >= 4 is 29.4 Å². The standard InChI is InChI=1S/C19H15F2N3OS/c1-24-10-9-22-19(24)26-17-7-6-15(21)12-16(17)23-18(25)8-5-13-3-2-4-14(20)11-13/h2-12H,1H3,(H,23,25)/b8-5+. The Labute approximate surface area is 153 Å². The Kier molecular flexibility index (Phi) is 5.48. The van der Waals surface area contributed by atoms with Gasteiger partial charge < -0.3 is 9.88 Å². The van der Waals surface area contributed by atoms with E-state index in [1.54, 1.807) is 30.6 Å². The van der Waals surface area contributed by atoms with Crippen LogP contribution in [-0.2, 0) is 11.8 Å². The zero-order valence-electron chi connectivity index (χ0n) is 13.8. The number of aromatic nitrogens is 2. The molecule has 132 valence electrons. The van der Waals surface area contributed by atoms with Crippen LogP contribution in [0.25, 0.3) is 6.08 Å². The van der Waals surface area contributed by atoms with E-state index in [-0.39, 0.29) is 5.82 Å². The monoisotopic (exact) mass is 371 g/mol. The van der Waals surface area contributed by atoms with Gasteiger partial charge in [0, 0.05) is 30.4 Å². The van der Waals surface area contributed by atoms with Gasteiger partial charge in [-0.1, -0.05) is 12.1 Å². The summed E-state index contributed by atoms with van der Waals surface area (Å²) in [5.74, 6) is -1.29. The molecule has 0 atom stereocenters. The van der Waals surface area contributed by atoms with Crippen molar-refractivity contribution in [1.29, 1.82) is 0 Å². The maximum absolute atomic E-state index is 13.6. The Bertz CT molecular complexity index is 969. The summed E-state index contributed by atoms with van der Waals surface area (Å²) < 4.78 is 28.6. The van der Waals surface area contributed by atoms with Crippen LogP contribution >= 0.6 is 11.8 Å². The molecule has 26 heavy (non-hydrogen) atoms. The molecule has 0 fully saturated rings. The van der Waals surface area contributed by atoms with Crippen molar-refractivity contribution in [3.05, 3.63) is 78.1 Å². The van der Waals surface area contributed by atoms with Crippen LogP contribution in [0.2, 0.25) is 0 Å². The number of rotatable bonds is 5. The summed E-state index contributed by atoms with van der Waals surface area (Å²) in [6.07, 6.45) is 6.22. The fourth-order valence-corrected chi connectivity index (χ4v) is 3.07. The van der Waals surface area contributed by atoms with Crippen LogP contribution in [0.5, 0.6) is 0 Å². The average Bonchev–Trinajstić information content (AvgIpc) is 3.00. The van der Waals surface area contributed by atoms with Gasteiger partial charge in [-0.3, -0.25) is 4.79 Å². The van der Waals surface area contributed by atoms with Crippen molar-refractivity contribution in [2.45, 2.75) is 10.1 Å². The summed E-state index contributed by atoms with van der Waals surface area (Å²) in [5, 5.41) is 3.36. The first kappa shape index (κ1) is 17.9. The van der Waals surface area contributed by atoms with Gasteiger partial charge in [0.1, 0.15) is 11.6 Å². The number of aryl methyl sites for hydroxylation is 1. The lowest BCUT2D eigenvalue weighted by Crippen LogP contribution is -2.09. The van der Waals surface area contributed by atoms with E-state index in [4.69, 9.17) is 0 Å². The summed E-state index contributed by atoms with van der Waals surface area (Å²) in [4.78, 5) is 17.0. The minimum atomic E-state index is -0.460. The quantitative estimate of drug-likeness (QED) is 0.672. The van der Waals surface area contributed by atoms with E-state index < -0.39 is 11.7 Å². The van der Waals surface area contributed by atoms with Crippen LogP contribution in [0, 0.1) is 11.6 Å². The first-order valence-electron chi connectivity index (χ1n) is 7.70. The number of hydrogen-bond acceptors (Lipinski definition) is 3. The highest BCUT2D eigenvalue weighted by molar-refractivity contribution is 7.99. The van der Waals surface area contributed by atoms with Crippen molar-refractivity contribution in [2.24, 2.45) is 7.05 Å². The minimum Gasteiger partial charge on any atom is -0.329 e. The Morgan fingerprint density at radius 2 is 2.00 bits per heavy atom. The summed E-state index contributed by atoms with van der Waals surface area (Å²) >= 11 is 1.31. The zero-order valence-corrected chi connectivity index (χ0v) is 14.6. The third kappa shape index (κ3) is 4.58. The molecular weight excluding hydrogens is 356 g/mol. The van der Waals surface area contributed by atoms with Gasteiger partial charge in [-0.05, 0) is 53.7 Å². The Balaban J connectivity index is 1.77.